The minimum Gasteiger partial charge on any atom is -0.384 e. The Morgan fingerprint density at radius 3 is 3.05 bits per heavy atom. The summed E-state index contributed by atoms with van der Waals surface area (Å²) in [5, 5.41) is 7.19. The van der Waals surface area contributed by atoms with Gasteiger partial charge in [-0.25, -0.2) is 13.1 Å². The molecular formula is C13H16N4O2S. The van der Waals surface area contributed by atoms with E-state index in [1.807, 2.05) is 6.07 Å². The van der Waals surface area contributed by atoms with Crippen LogP contribution in [0.3, 0.4) is 0 Å². The summed E-state index contributed by atoms with van der Waals surface area (Å²) in [7, 11) is -1.70. The standard InChI is InChI=1S/C13H16N4O2S/c1-17-9-10(7-15-17)8-16-20(18,19)12-3-2-11-4-5-14-13(11)6-12/h2-3,6-7,9,14,16H,4-5,8H2,1H3. The summed E-state index contributed by atoms with van der Waals surface area (Å²) in [6.45, 7) is 1.10. The van der Waals surface area contributed by atoms with E-state index in [-0.39, 0.29) is 11.4 Å². The number of nitrogens with zero attached hydrogens (tertiary/aromatic N) is 2. The van der Waals surface area contributed by atoms with Crippen molar-refractivity contribution in [2.45, 2.75) is 17.9 Å². The Balaban J connectivity index is 1.78. The maximum absolute atomic E-state index is 12.2. The van der Waals surface area contributed by atoms with E-state index in [0.717, 1.165) is 29.8 Å². The van der Waals surface area contributed by atoms with Gasteiger partial charge in [0.15, 0.2) is 0 Å². The predicted molar refractivity (Wildman–Crippen MR) is 75.9 cm³/mol. The van der Waals surface area contributed by atoms with Gasteiger partial charge < -0.3 is 5.32 Å². The Morgan fingerprint density at radius 2 is 2.30 bits per heavy atom. The second-order valence-corrected chi connectivity index (χ2v) is 6.61. The van der Waals surface area contributed by atoms with Crippen LogP contribution in [0.15, 0.2) is 35.5 Å². The average molecular weight is 292 g/mol. The summed E-state index contributed by atoms with van der Waals surface area (Å²) in [6, 6.07) is 5.21. The highest BCUT2D eigenvalue weighted by Gasteiger charge is 2.18. The van der Waals surface area contributed by atoms with Gasteiger partial charge in [0, 0.05) is 37.6 Å². The van der Waals surface area contributed by atoms with Crippen molar-refractivity contribution in [3.63, 3.8) is 0 Å². The highest BCUT2D eigenvalue weighted by molar-refractivity contribution is 7.89. The summed E-state index contributed by atoms with van der Waals surface area (Å²) >= 11 is 0. The van der Waals surface area contributed by atoms with Crippen LogP contribution in [-0.4, -0.2) is 24.7 Å². The molecule has 1 aliphatic rings. The minimum atomic E-state index is -3.50. The number of fused-ring (bicyclic) bond motifs is 1. The lowest BCUT2D eigenvalue weighted by Crippen LogP contribution is -2.23. The number of anilines is 1. The zero-order chi connectivity index (χ0) is 14.2. The fourth-order valence-corrected chi connectivity index (χ4v) is 3.31. The van der Waals surface area contributed by atoms with Gasteiger partial charge >= 0.3 is 0 Å². The van der Waals surface area contributed by atoms with E-state index < -0.39 is 10.0 Å². The van der Waals surface area contributed by atoms with E-state index in [4.69, 9.17) is 0 Å². The van der Waals surface area contributed by atoms with Crippen molar-refractivity contribution in [3.8, 4) is 0 Å². The van der Waals surface area contributed by atoms with Crippen LogP contribution in [0.25, 0.3) is 0 Å². The molecule has 2 aromatic rings. The van der Waals surface area contributed by atoms with E-state index in [1.54, 1.807) is 36.3 Å². The summed E-state index contributed by atoms with van der Waals surface area (Å²) < 4.78 is 28.7. The summed E-state index contributed by atoms with van der Waals surface area (Å²) in [5.74, 6) is 0. The molecule has 0 fully saturated rings. The van der Waals surface area contributed by atoms with Gasteiger partial charge in [-0.1, -0.05) is 6.07 Å². The Kier molecular flexibility index (Phi) is 3.23. The first-order chi connectivity index (χ1) is 9.54. The normalized spacial score (nSPS) is 14.1. The van der Waals surface area contributed by atoms with E-state index in [1.165, 1.54) is 0 Å². The van der Waals surface area contributed by atoms with Gasteiger partial charge in [0.05, 0.1) is 11.1 Å². The van der Waals surface area contributed by atoms with Gasteiger partial charge in [-0.15, -0.1) is 0 Å². The lowest BCUT2D eigenvalue weighted by Gasteiger charge is -2.07. The second-order valence-electron chi connectivity index (χ2n) is 4.84. The lowest BCUT2D eigenvalue weighted by molar-refractivity contribution is 0.581. The molecule has 0 saturated carbocycles. The number of hydrogen-bond donors (Lipinski definition) is 2. The molecule has 3 rings (SSSR count). The third-order valence-electron chi connectivity index (χ3n) is 3.33. The molecule has 6 nitrogen and oxygen atoms in total. The maximum atomic E-state index is 12.2. The van der Waals surface area contributed by atoms with Crippen LogP contribution in [0.2, 0.25) is 0 Å². The minimum absolute atomic E-state index is 0.237. The quantitative estimate of drug-likeness (QED) is 0.876. The topological polar surface area (TPSA) is 76.0 Å². The Morgan fingerprint density at radius 1 is 1.45 bits per heavy atom. The highest BCUT2D eigenvalue weighted by atomic mass is 32.2. The summed E-state index contributed by atoms with van der Waals surface area (Å²) in [4.78, 5) is 0.287. The van der Waals surface area contributed by atoms with Crippen molar-refractivity contribution in [1.82, 2.24) is 14.5 Å². The Bertz CT molecular complexity index is 737. The fraction of sp³-hybridized carbons (Fsp3) is 0.308. The summed E-state index contributed by atoms with van der Waals surface area (Å²) in [5.41, 5.74) is 2.90. The SMILES string of the molecule is Cn1cc(CNS(=O)(=O)c2ccc3c(c2)NCC3)cn1. The Hall–Kier alpha value is -1.86. The number of nitrogens with one attached hydrogen (secondary N) is 2. The van der Waals surface area contributed by atoms with Gasteiger partial charge in [0.2, 0.25) is 10.0 Å². The monoisotopic (exact) mass is 292 g/mol. The molecule has 20 heavy (non-hydrogen) atoms. The zero-order valence-corrected chi connectivity index (χ0v) is 11.9. The molecule has 0 aliphatic carbocycles. The molecule has 0 spiro atoms. The van der Waals surface area contributed by atoms with Gasteiger partial charge in [0.25, 0.3) is 0 Å². The van der Waals surface area contributed by atoms with Crippen LogP contribution >= 0.6 is 0 Å². The van der Waals surface area contributed by atoms with Crippen molar-refractivity contribution < 1.29 is 8.42 Å². The molecule has 106 valence electrons. The molecular weight excluding hydrogens is 276 g/mol. The zero-order valence-electron chi connectivity index (χ0n) is 11.1. The molecule has 0 saturated heterocycles. The average Bonchev–Trinajstić information content (AvgIpc) is 3.04. The smallest absolute Gasteiger partial charge is 0.240 e. The van der Waals surface area contributed by atoms with Gasteiger partial charge in [-0.2, -0.15) is 5.10 Å². The summed E-state index contributed by atoms with van der Waals surface area (Å²) in [6.07, 6.45) is 4.37. The van der Waals surface area contributed by atoms with Crippen LogP contribution in [0.5, 0.6) is 0 Å². The van der Waals surface area contributed by atoms with Crippen molar-refractivity contribution >= 4 is 15.7 Å². The molecule has 2 heterocycles. The van der Waals surface area contributed by atoms with Gasteiger partial charge in [-0.3, -0.25) is 4.68 Å². The molecule has 0 radical (unpaired) electrons. The molecule has 1 aromatic heterocycles. The van der Waals surface area contributed by atoms with Crippen LogP contribution in [0.1, 0.15) is 11.1 Å². The number of rotatable bonds is 4. The maximum Gasteiger partial charge on any atom is 0.240 e. The number of aryl methyl sites for hydroxylation is 1. The van der Waals surface area contributed by atoms with E-state index in [0.29, 0.717) is 0 Å². The third kappa shape index (κ3) is 2.54. The van der Waals surface area contributed by atoms with Crippen molar-refractivity contribution in [2.75, 3.05) is 11.9 Å². The number of benzene rings is 1. The fourth-order valence-electron chi connectivity index (χ4n) is 2.26. The van der Waals surface area contributed by atoms with Gasteiger partial charge in [-0.05, 0) is 24.1 Å². The third-order valence-corrected chi connectivity index (χ3v) is 4.73. The number of hydrogen-bond acceptors (Lipinski definition) is 4. The first-order valence-electron chi connectivity index (χ1n) is 6.38. The van der Waals surface area contributed by atoms with Crippen molar-refractivity contribution in [2.24, 2.45) is 7.05 Å². The number of sulfonamides is 1. The van der Waals surface area contributed by atoms with Gasteiger partial charge in [0.1, 0.15) is 0 Å². The van der Waals surface area contributed by atoms with Crippen LogP contribution in [0.4, 0.5) is 5.69 Å². The van der Waals surface area contributed by atoms with Crippen molar-refractivity contribution in [1.29, 1.82) is 0 Å². The highest BCUT2D eigenvalue weighted by Crippen LogP contribution is 2.25. The van der Waals surface area contributed by atoms with Crippen LogP contribution in [-0.2, 0) is 30.0 Å². The molecule has 0 unspecified atom stereocenters. The largest absolute Gasteiger partial charge is 0.384 e. The molecule has 1 aliphatic heterocycles. The molecule has 0 atom stereocenters. The number of aromatic nitrogens is 2. The van der Waals surface area contributed by atoms with E-state index >= 15 is 0 Å². The lowest BCUT2D eigenvalue weighted by atomic mass is 10.2. The molecule has 2 N–H and O–H groups in total. The molecule has 1 aromatic carbocycles. The predicted octanol–water partition coefficient (Wildman–Crippen LogP) is 0.867. The molecule has 0 bridgehead atoms. The van der Waals surface area contributed by atoms with E-state index in [2.05, 4.69) is 15.1 Å². The van der Waals surface area contributed by atoms with Crippen LogP contribution in [0, 0.1) is 0 Å². The second kappa shape index (κ2) is 4.92. The van der Waals surface area contributed by atoms with E-state index in [9.17, 15) is 8.42 Å². The van der Waals surface area contributed by atoms with Crippen LogP contribution < -0.4 is 10.0 Å². The van der Waals surface area contributed by atoms with Crippen molar-refractivity contribution in [3.05, 3.63) is 41.7 Å². The Labute approximate surface area is 117 Å². The first-order valence-corrected chi connectivity index (χ1v) is 7.87. The molecule has 7 heteroatoms. The molecule has 0 amide bonds. The first kappa shape index (κ1) is 13.1.